The normalized spacial score (nSPS) is 20.6. The van der Waals surface area contributed by atoms with E-state index in [0.717, 1.165) is 37.3 Å². The topological polar surface area (TPSA) is 61.3 Å². The van der Waals surface area contributed by atoms with Crippen molar-refractivity contribution in [1.82, 2.24) is 15.5 Å². The fourth-order valence-corrected chi connectivity index (χ4v) is 3.17. The number of aliphatic hydroxyl groups is 1. The van der Waals surface area contributed by atoms with Crippen molar-refractivity contribution >= 4 is 5.82 Å². The second-order valence-corrected chi connectivity index (χ2v) is 6.89. The Morgan fingerprint density at radius 2 is 2.08 bits per heavy atom. The summed E-state index contributed by atoms with van der Waals surface area (Å²) in [5, 5.41) is 22.5. The van der Waals surface area contributed by atoms with Crippen molar-refractivity contribution in [3.63, 3.8) is 0 Å². The maximum Gasteiger partial charge on any atom is 0.151 e. The first-order valence-electron chi connectivity index (χ1n) is 8.60. The molecule has 5 heteroatoms. The van der Waals surface area contributed by atoms with E-state index in [0.29, 0.717) is 12.6 Å². The summed E-state index contributed by atoms with van der Waals surface area (Å²) in [7, 11) is 0. The van der Waals surface area contributed by atoms with Gasteiger partial charge in [-0.05, 0) is 44.4 Å². The average Bonchev–Trinajstić information content (AvgIpc) is 2.61. The van der Waals surface area contributed by atoms with E-state index in [-0.39, 0.29) is 0 Å². The molecule has 2 atom stereocenters. The molecule has 0 amide bonds. The van der Waals surface area contributed by atoms with Crippen LogP contribution < -0.4 is 10.2 Å². The van der Waals surface area contributed by atoms with Crippen LogP contribution in [0, 0.1) is 6.92 Å². The van der Waals surface area contributed by atoms with Crippen molar-refractivity contribution in [1.29, 1.82) is 0 Å². The molecule has 0 radical (unpaired) electrons. The second-order valence-electron chi connectivity index (χ2n) is 6.89. The van der Waals surface area contributed by atoms with Crippen LogP contribution in [0.3, 0.4) is 0 Å². The van der Waals surface area contributed by atoms with Crippen molar-refractivity contribution in [3.05, 3.63) is 53.7 Å². The molecule has 1 fully saturated rings. The summed E-state index contributed by atoms with van der Waals surface area (Å²) in [4.78, 5) is 2.26. The van der Waals surface area contributed by atoms with Crippen molar-refractivity contribution in [2.45, 2.75) is 38.3 Å². The molecule has 0 unspecified atom stereocenters. The van der Waals surface area contributed by atoms with Gasteiger partial charge in [-0.25, -0.2) is 0 Å². The summed E-state index contributed by atoms with van der Waals surface area (Å²) >= 11 is 0. The molecular formula is C19H26N4O. The zero-order valence-corrected chi connectivity index (χ0v) is 14.4. The van der Waals surface area contributed by atoms with Crippen LogP contribution in [-0.2, 0) is 5.60 Å². The molecule has 1 aliphatic heterocycles. The van der Waals surface area contributed by atoms with Crippen molar-refractivity contribution in [2.75, 3.05) is 24.5 Å². The Morgan fingerprint density at radius 3 is 2.79 bits per heavy atom. The van der Waals surface area contributed by atoms with Gasteiger partial charge < -0.3 is 15.3 Å². The van der Waals surface area contributed by atoms with Crippen LogP contribution in [0.1, 0.15) is 30.9 Å². The molecule has 0 saturated carbocycles. The Kier molecular flexibility index (Phi) is 5.11. The predicted molar refractivity (Wildman–Crippen MR) is 96.0 cm³/mol. The maximum atomic E-state index is 10.8. The van der Waals surface area contributed by atoms with Crippen LogP contribution in [0.4, 0.5) is 5.82 Å². The molecule has 1 aromatic carbocycles. The first-order valence-corrected chi connectivity index (χ1v) is 8.60. The minimum Gasteiger partial charge on any atom is -0.384 e. The third kappa shape index (κ3) is 4.10. The van der Waals surface area contributed by atoms with Crippen molar-refractivity contribution in [2.24, 2.45) is 0 Å². The minimum atomic E-state index is -0.872. The van der Waals surface area contributed by atoms with Crippen LogP contribution in [0.5, 0.6) is 0 Å². The Balaban J connectivity index is 1.58. The third-order valence-electron chi connectivity index (χ3n) is 4.71. The largest absolute Gasteiger partial charge is 0.384 e. The molecule has 128 valence electrons. The summed E-state index contributed by atoms with van der Waals surface area (Å²) in [6, 6.07) is 12.4. The summed E-state index contributed by atoms with van der Waals surface area (Å²) in [5.41, 5.74) is 1.28. The molecule has 24 heavy (non-hydrogen) atoms. The van der Waals surface area contributed by atoms with E-state index in [1.165, 1.54) is 5.56 Å². The van der Waals surface area contributed by atoms with Gasteiger partial charge in [-0.3, -0.25) is 0 Å². The van der Waals surface area contributed by atoms with Crippen molar-refractivity contribution < 1.29 is 5.11 Å². The number of hydrogen-bond acceptors (Lipinski definition) is 5. The highest BCUT2D eigenvalue weighted by Crippen LogP contribution is 2.22. The fraction of sp³-hybridized carbons (Fsp3) is 0.474. The Labute approximate surface area is 143 Å². The molecule has 1 saturated heterocycles. The van der Waals surface area contributed by atoms with Gasteiger partial charge in [0.05, 0.1) is 5.60 Å². The summed E-state index contributed by atoms with van der Waals surface area (Å²) in [6.07, 6.45) is 3.92. The fourth-order valence-electron chi connectivity index (χ4n) is 3.17. The first-order chi connectivity index (χ1) is 11.5. The summed E-state index contributed by atoms with van der Waals surface area (Å²) in [6.45, 7) is 6.36. The first kappa shape index (κ1) is 16.9. The minimum absolute atomic E-state index is 0.345. The van der Waals surface area contributed by atoms with Gasteiger partial charge in [0, 0.05) is 31.9 Å². The number of nitrogens with one attached hydrogen (secondary N) is 1. The molecule has 2 heterocycles. The zero-order valence-electron chi connectivity index (χ0n) is 14.4. The smallest absolute Gasteiger partial charge is 0.151 e. The van der Waals surface area contributed by atoms with Crippen LogP contribution in [-0.4, -0.2) is 41.0 Å². The van der Waals surface area contributed by atoms with Crippen LogP contribution in [0.15, 0.2) is 42.6 Å². The highest BCUT2D eigenvalue weighted by atomic mass is 16.3. The van der Waals surface area contributed by atoms with Gasteiger partial charge in [-0.1, -0.05) is 29.8 Å². The van der Waals surface area contributed by atoms with E-state index in [2.05, 4.69) is 27.3 Å². The number of hydrogen-bond donors (Lipinski definition) is 2. The predicted octanol–water partition coefficient (Wildman–Crippen LogP) is 2.25. The molecule has 3 rings (SSSR count). The number of rotatable bonds is 5. The highest BCUT2D eigenvalue weighted by molar-refractivity contribution is 5.37. The van der Waals surface area contributed by atoms with Gasteiger partial charge in [0.25, 0.3) is 0 Å². The van der Waals surface area contributed by atoms with Gasteiger partial charge in [0.15, 0.2) is 5.82 Å². The van der Waals surface area contributed by atoms with Crippen LogP contribution >= 0.6 is 0 Å². The van der Waals surface area contributed by atoms with Crippen LogP contribution in [0.2, 0.25) is 0 Å². The number of benzene rings is 1. The molecule has 0 aliphatic carbocycles. The van der Waals surface area contributed by atoms with Gasteiger partial charge in [0.1, 0.15) is 0 Å². The molecule has 2 N–H and O–H groups in total. The van der Waals surface area contributed by atoms with Gasteiger partial charge >= 0.3 is 0 Å². The standard InChI is InChI=1S/C19H26N4O/c1-15-7-9-16(10-8-15)19(2,24)14-20-17-5-4-12-23(13-17)18-6-3-11-21-22-18/h3,6-11,17,20,24H,4-5,12-14H2,1-2H3/t17-,19+/m1/s1. The lowest BCUT2D eigenvalue weighted by Crippen LogP contribution is -2.49. The number of aromatic nitrogens is 2. The van der Waals surface area contributed by atoms with E-state index in [1.54, 1.807) is 6.20 Å². The number of nitrogens with zero attached hydrogens (tertiary/aromatic N) is 3. The lowest BCUT2D eigenvalue weighted by atomic mass is 9.94. The van der Waals surface area contributed by atoms with Gasteiger partial charge in [0.2, 0.25) is 0 Å². The van der Waals surface area contributed by atoms with E-state index in [9.17, 15) is 5.11 Å². The number of piperidine rings is 1. The lowest BCUT2D eigenvalue weighted by Gasteiger charge is -2.35. The molecule has 1 aromatic heterocycles. The lowest BCUT2D eigenvalue weighted by molar-refractivity contribution is 0.0532. The Hall–Kier alpha value is -1.98. The van der Waals surface area contributed by atoms with E-state index in [4.69, 9.17) is 0 Å². The third-order valence-corrected chi connectivity index (χ3v) is 4.71. The molecule has 0 spiro atoms. The van der Waals surface area contributed by atoms with E-state index in [1.807, 2.05) is 43.3 Å². The number of anilines is 1. The van der Waals surface area contributed by atoms with E-state index >= 15 is 0 Å². The molecule has 5 nitrogen and oxygen atoms in total. The Morgan fingerprint density at radius 1 is 1.29 bits per heavy atom. The Bertz CT molecular complexity index is 642. The van der Waals surface area contributed by atoms with Crippen molar-refractivity contribution in [3.8, 4) is 0 Å². The monoisotopic (exact) mass is 326 g/mol. The zero-order chi connectivity index (χ0) is 17.0. The second kappa shape index (κ2) is 7.28. The molecule has 0 bridgehead atoms. The van der Waals surface area contributed by atoms with Gasteiger partial charge in [-0.15, -0.1) is 5.10 Å². The highest BCUT2D eigenvalue weighted by Gasteiger charge is 2.26. The summed E-state index contributed by atoms with van der Waals surface area (Å²) < 4.78 is 0. The summed E-state index contributed by atoms with van der Waals surface area (Å²) in [5.74, 6) is 0.925. The average molecular weight is 326 g/mol. The maximum absolute atomic E-state index is 10.8. The molecule has 1 aliphatic rings. The quantitative estimate of drug-likeness (QED) is 0.882. The molecular weight excluding hydrogens is 300 g/mol. The SMILES string of the molecule is Cc1ccc([C@@](C)(O)CN[C@@H]2CCCN(c3cccnn3)C2)cc1. The molecule has 2 aromatic rings. The number of aryl methyl sites for hydroxylation is 1. The van der Waals surface area contributed by atoms with Crippen LogP contribution in [0.25, 0.3) is 0 Å². The van der Waals surface area contributed by atoms with E-state index < -0.39 is 5.60 Å². The van der Waals surface area contributed by atoms with Gasteiger partial charge in [-0.2, -0.15) is 5.10 Å².